The number of carboxylic acid groups (broad SMARTS) is 1. The number of carbonyl (C=O) groups excluding carboxylic acids is 8. The third-order valence-corrected chi connectivity index (χ3v) is 9.96. The highest BCUT2D eigenvalue weighted by Crippen LogP contribution is 2.16. The minimum absolute atomic E-state index is 0.0629. The van der Waals surface area contributed by atoms with E-state index in [0.29, 0.717) is 17.6 Å². The Hall–Kier alpha value is -6.27. The maximum Gasteiger partial charge on any atom is 0.329 e. The van der Waals surface area contributed by atoms with Gasteiger partial charge < -0.3 is 52.2 Å². The Balaban J connectivity index is 2.64. The van der Waals surface area contributed by atoms with Crippen molar-refractivity contribution in [3.8, 4) is 5.75 Å². The fourth-order valence-corrected chi connectivity index (χ4v) is 5.80. The molecular weight excluding hydrogens is 782 g/mol. The smallest absolute Gasteiger partial charge is 0.329 e. The van der Waals surface area contributed by atoms with E-state index in [1.165, 1.54) is 51.1 Å². The quantitative estimate of drug-likeness (QED) is 0.0907. The number of hydrogen-bond acceptors (Lipinski definition) is 11. The van der Waals surface area contributed by atoms with Gasteiger partial charge >= 0.3 is 11.9 Å². The summed E-state index contributed by atoms with van der Waals surface area (Å²) in [5, 5.41) is 36.8. The largest absolute Gasteiger partial charge is 0.508 e. The maximum atomic E-state index is 14.3. The highest BCUT2D eigenvalue weighted by molar-refractivity contribution is 6.02. The molecule has 0 aliphatic carbocycles. The van der Waals surface area contributed by atoms with Crippen molar-refractivity contribution in [2.75, 3.05) is 0 Å². The van der Waals surface area contributed by atoms with Gasteiger partial charge in [-0.3, -0.25) is 38.4 Å². The fourth-order valence-electron chi connectivity index (χ4n) is 5.80. The molecule has 9 N–H and O–H groups in total. The number of phenols is 1. The molecule has 1 aliphatic rings. The maximum absolute atomic E-state index is 14.3. The molecule has 1 fully saturated rings. The molecule has 0 bridgehead atoms. The van der Waals surface area contributed by atoms with Crippen molar-refractivity contribution in [1.29, 1.82) is 0 Å². The molecule has 1 aromatic carbocycles. The van der Waals surface area contributed by atoms with Crippen LogP contribution < -0.4 is 37.2 Å². The normalized spacial score (nSPS) is 23.2. The number of phenolic OH excluding ortho intramolecular Hbond substituents is 1. The van der Waals surface area contributed by atoms with Crippen molar-refractivity contribution < 1.29 is 58.1 Å². The van der Waals surface area contributed by atoms with Crippen molar-refractivity contribution in [1.82, 2.24) is 37.2 Å². The molecular formula is C41H59N7O12. The van der Waals surface area contributed by atoms with E-state index in [-0.39, 0.29) is 24.3 Å². The first-order chi connectivity index (χ1) is 28.1. The predicted molar refractivity (Wildman–Crippen MR) is 217 cm³/mol. The molecule has 0 aromatic heterocycles. The highest BCUT2D eigenvalue weighted by atomic mass is 16.5. The van der Waals surface area contributed by atoms with Crippen molar-refractivity contribution in [3.63, 3.8) is 0 Å². The summed E-state index contributed by atoms with van der Waals surface area (Å²) < 4.78 is 5.72. The molecule has 8 atom stereocenters. The summed E-state index contributed by atoms with van der Waals surface area (Å²) in [6.45, 7) is 14.0. The first-order valence-electron chi connectivity index (χ1n) is 19.8. The number of esters is 1. The van der Waals surface area contributed by atoms with Crippen molar-refractivity contribution >= 4 is 53.3 Å². The summed E-state index contributed by atoms with van der Waals surface area (Å²) >= 11 is 0. The number of cyclic esters (lactones) is 1. The first kappa shape index (κ1) is 49.9. The predicted octanol–water partition coefficient (Wildman–Crippen LogP) is 0.362. The Labute approximate surface area is 349 Å². The van der Waals surface area contributed by atoms with Crippen LogP contribution in [0.5, 0.6) is 5.75 Å². The van der Waals surface area contributed by atoms with Crippen LogP contribution in [0.15, 0.2) is 47.7 Å². The number of nitrogens with one attached hydrogen (secondary N) is 7. The van der Waals surface area contributed by atoms with Crippen LogP contribution in [-0.2, 0) is 54.3 Å². The van der Waals surface area contributed by atoms with E-state index in [2.05, 4.69) is 37.2 Å². The summed E-state index contributed by atoms with van der Waals surface area (Å²) in [5.41, 5.74) is 0.498. The van der Waals surface area contributed by atoms with Gasteiger partial charge in [-0.05, 0) is 70.6 Å². The Morgan fingerprint density at radius 2 is 1.52 bits per heavy atom. The molecule has 0 radical (unpaired) electrons. The minimum atomic E-state index is -1.73. The molecule has 8 unspecified atom stereocenters. The van der Waals surface area contributed by atoms with Gasteiger partial charge in [-0.1, -0.05) is 58.4 Å². The molecule has 2 rings (SSSR count). The molecule has 1 saturated heterocycles. The van der Waals surface area contributed by atoms with Crippen molar-refractivity contribution in [3.05, 3.63) is 53.3 Å². The molecule has 1 heterocycles. The number of ether oxygens (including phenoxy) is 1. The topological polar surface area (TPSA) is 288 Å². The zero-order valence-electron chi connectivity index (χ0n) is 35.5. The number of benzene rings is 1. The minimum Gasteiger partial charge on any atom is -0.508 e. The molecule has 1 aromatic rings. The van der Waals surface area contributed by atoms with E-state index in [4.69, 9.17) is 4.74 Å². The highest BCUT2D eigenvalue weighted by Gasteiger charge is 2.39. The molecule has 0 saturated carbocycles. The lowest BCUT2D eigenvalue weighted by Crippen LogP contribution is -2.62. The average molecular weight is 842 g/mol. The molecule has 7 amide bonds. The molecule has 0 spiro atoms. The Morgan fingerprint density at radius 3 is 2.07 bits per heavy atom. The van der Waals surface area contributed by atoms with Gasteiger partial charge in [-0.2, -0.15) is 0 Å². The van der Waals surface area contributed by atoms with E-state index in [1.807, 2.05) is 0 Å². The first-order valence-corrected chi connectivity index (χ1v) is 19.8. The lowest BCUT2D eigenvalue weighted by atomic mass is 9.98. The number of aromatic hydroxyl groups is 1. The Bertz CT molecular complexity index is 1830. The van der Waals surface area contributed by atoms with Gasteiger partial charge in [0.15, 0.2) is 0 Å². The summed E-state index contributed by atoms with van der Waals surface area (Å²) in [6.07, 6.45) is 0.548. The zero-order valence-corrected chi connectivity index (χ0v) is 35.5. The molecule has 19 heteroatoms. The number of hydrogen-bond donors (Lipinski definition) is 9. The third kappa shape index (κ3) is 14.8. The Morgan fingerprint density at radius 1 is 0.883 bits per heavy atom. The second kappa shape index (κ2) is 23.4. The van der Waals surface area contributed by atoms with E-state index in [9.17, 15) is 53.4 Å². The van der Waals surface area contributed by atoms with Crippen LogP contribution in [-0.4, -0.2) is 106 Å². The number of carbonyl (C=O) groups is 9. The summed E-state index contributed by atoms with van der Waals surface area (Å²) in [4.78, 5) is 120. The van der Waals surface area contributed by atoms with Gasteiger partial charge in [0, 0.05) is 18.4 Å². The fraction of sp³-hybridized carbons (Fsp3) is 0.537. The molecule has 1 aliphatic heterocycles. The number of carboxylic acids is 1. The van der Waals surface area contributed by atoms with Crippen LogP contribution in [0.2, 0.25) is 0 Å². The molecule has 60 heavy (non-hydrogen) atoms. The van der Waals surface area contributed by atoms with Gasteiger partial charge in [-0.15, -0.1) is 0 Å². The summed E-state index contributed by atoms with van der Waals surface area (Å²) in [7, 11) is 0. The van der Waals surface area contributed by atoms with Crippen LogP contribution in [0.25, 0.3) is 0 Å². The van der Waals surface area contributed by atoms with Crippen molar-refractivity contribution in [2.24, 2.45) is 11.8 Å². The van der Waals surface area contributed by atoms with Crippen LogP contribution in [0.4, 0.5) is 0 Å². The number of amides is 7. The standard InChI is InChI=1S/C41H59N7O12/c1-10-21(6)32-41(59)60-24(9)33(40(58)42-23(8)35(53)43-27(12-3)36(54)44-28(37(55)47-32)17-18-30(50)51)48-38(56)29(19-25-13-15-26(49)16-14-25)45-39(57)31(20(4)5)46-34(52)22(7)11-2/h11-16,20-21,23-24,28-29,31-33,49H,10,17-19H2,1-9H3,(H,42,58)(H,43,53)(H,44,54)(H,45,57)(H,46,52)(H,47,55)(H,48,56)(H,50,51). The third-order valence-electron chi connectivity index (χ3n) is 9.96. The van der Waals surface area contributed by atoms with Crippen LogP contribution >= 0.6 is 0 Å². The van der Waals surface area contributed by atoms with Gasteiger partial charge in [0.25, 0.3) is 5.91 Å². The molecule has 19 nitrogen and oxygen atoms in total. The number of allylic oxidation sites excluding steroid dienone is 2. The van der Waals surface area contributed by atoms with Gasteiger partial charge in [0.05, 0.1) is 0 Å². The van der Waals surface area contributed by atoms with Crippen molar-refractivity contribution in [2.45, 2.75) is 130 Å². The molecule has 330 valence electrons. The summed E-state index contributed by atoms with van der Waals surface area (Å²) in [5.74, 6) is -9.35. The van der Waals surface area contributed by atoms with Crippen LogP contribution in [0.1, 0.15) is 87.1 Å². The Kier molecular flexibility index (Phi) is 19.4. The number of aliphatic carboxylic acids is 1. The van der Waals surface area contributed by atoms with E-state index < -0.39 is 114 Å². The van der Waals surface area contributed by atoms with Gasteiger partial charge in [0.1, 0.15) is 53.8 Å². The van der Waals surface area contributed by atoms with Gasteiger partial charge in [-0.25, -0.2) is 4.79 Å². The second-order valence-corrected chi connectivity index (χ2v) is 15.0. The zero-order chi connectivity index (χ0) is 45.4. The van der Waals surface area contributed by atoms with Crippen LogP contribution in [0.3, 0.4) is 0 Å². The SMILES string of the molecule is CC=C(C)C(=O)NC(C(=O)NC(Cc1ccc(O)cc1)C(=O)NC1C(=O)NC(C)C(=O)NC(=CC)C(=O)NC(CCC(=O)O)C(=O)NC(C(C)CC)C(=O)OC1C)C(C)C. The van der Waals surface area contributed by atoms with E-state index >= 15 is 0 Å². The van der Waals surface area contributed by atoms with Gasteiger partial charge in [0.2, 0.25) is 35.4 Å². The monoisotopic (exact) mass is 841 g/mol. The number of rotatable bonds is 14. The van der Waals surface area contributed by atoms with Crippen LogP contribution in [0, 0.1) is 11.8 Å². The lowest BCUT2D eigenvalue weighted by Gasteiger charge is -2.31. The van der Waals surface area contributed by atoms with E-state index in [0.717, 1.165) is 0 Å². The summed E-state index contributed by atoms with van der Waals surface area (Å²) in [6, 6.07) is -2.72. The lowest BCUT2D eigenvalue weighted by molar-refractivity contribution is -0.157. The average Bonchev–Trinajstić information content (AvgIpc) is 3.19. The second-order valence-electron chi connectivity index (χ2n) is 15.0. The van der Waals surface area contributed by atoms with E-state index in [1.54, 1.807) is 47.6 Å².